The van der Waals surface area contributed by atoms with E-state index in [2.05, 4.69) is 51.6 Å². The summed E-state index contributed by atoms with van der Waals surface area (Å²) in [5.41, 5.74) is 10.4. The van der Waals surface area contributed by atoms with Crippen LogP contribution in [0.1, 0.15) is 150 Å². The zero-order valence-electron chi connectivity index (χ0n) is 36.9. The summed E-state index contributed by atoms with van der Waals surface area (Å²) < 4.78 is 24.4. The minimum absolute atomic E-state index is 0. The minimum atomic E-state index is -0.322. The SMILES string of the molecule is C.CN.CNOC(C)=O.COC(C)=O.COCCOC(=O)CC1CCCC(CC2CCCC(C=C=CC3CCCC(CC4CCCC(CC(=O)OCCOS)C4)C3)C2)C1. The Labute approximate surface area is 363 Å². The smallest absolute Gasteiger partial charge is 0.321 e. The maximum Gasteiger partial charge on any atom is 0.321 e. The first-order valence-electron chi connectivity index (χ1n) is 22.0. The molecular weight excluding hydrogens is 773 g/mol. The van der Waals surface area contributed by atoms with Crippen molar-refractivity contribution in [2.24, 2.45) is 53.1 Å². The van der Waals surface area contributed by atoms with Crippen LogP contribution in [-0.2, 0) is 47.1 Å². The summed E-state index contributed by atoms with van der Waals surface area (Å²) in [4.78, 5) is 47.9. The average Bonchev–Trinajstić information content (AvgIpc) is 3.20. The van der Waals surface area contributed by atoms with Gasteiger partial charge < -0.3 is 33.7 Å². The van der Waals surface area contributed by atoms with Crippen molar-refractivity contribution in [3.05, 3.63) is 17.9 Å². The van der Waals surface area contributed by atoms with E-state index in [9.17, 15) is 19.2 Å². The van der Waals surface area contributed by atoms with Crippen LogP contribution in [0.5, 0.6) is 0 Å². The van der Waals surface area contributed by atoms with Crippen molar-refractivity contribution in [3.8, 4) is 0 Å². The lowest BCUT2D eigenvalue weighted by Crippen LogP contribution is -2.24. The monoisotopic (exact) mass is 857 g/mol. The van der Waals surface area contributed by atoms with Gasteiger partial charge in [-0.2, -0.15) is 5.48 Å². The van der Waals surface area contributed by atoms with Crippen molar-refractivity contribution >= 4 is 36.8 Å². The minimum Gasteiger partial charge on any atom is -0.469 e. The standard InChI is InChI=1S/C38H62O6S.C3H7NO2.C3H6O2.CH5N.CH4/c1-41-17-18-42-37(39)27-35-15-5-13-33(25-35)23-31-11-3-9-29(21-31)7-2-8-30-10-4-12-32(22-30)24-34-14-6-16-36(26-34)28-38(40)43-19-20-44-45;1-3(5)6-4-2;1-3(4)5-2;1-2;/h7-8,29-36,45H,3-6,9-28H2,1H3;4H,1-2H3;1-2H3;2H2,1H3;1H4. The molecular formula is C46H84N2O10S. The molecule has 0 saturated heterocycles. The zero-order valence-corrected chi connectivity index (χ0v) is 37.7. The van der Waals surface area contributed by atoms with Crippen LogP contribution in [0.25, 0.3) is 0 Å². The number of hydrogen-bond donors (Lipinski definition) is 3. The van der Waals surface area contributed by atoms with Crippen LogP contribution in [0, 0.1) is 47.3 Å². The van der Waals surface area contributed by atoms with Gasteiger partial charge in [0.2, 0.25) is 0 Å². The lowest BCUT2D eigenvalue weighted by Gasteiger charge is -2.34. The molecule has 12 nitrogen and oxygen atoms in total. The van der Waals surface area contributed by atoms with Crippen molar-refractivity contribution < 1.29 is 47.1 Å². The van der Waals surface area contributed by atoms with E-state index in [1.54, 1.807) is 7.11 Å². The molecule has 0 bridgehead atoms. The average molecular weight is 857 g/mol. The highest BCUT2D eigenvalue weighted by Crippen LogP contribution is 2.41. The van der Waals surface area contributed by atoms with Gasteiger partial charge in [-0.3, -0.25) is 19.2 Å². The number of hydroxylamine groups is 1. The lowest BCUT2D eigenvalue weighted by molar-refractivity contribution is -0.147. The number of ether oxygens (including phenoxy) is 4. The molecule has 0 aromatic rings. The molecule has 8 atom stereocenters. The Bertz CT molecular complexity index is 1110. The first kappa shape index (κ1) is 56.6. The van der Waals surface area contributed by atoms with Crippen molar-refractivity contribution in [3.63, 3.8) is 0 Å². The van der Waals surface area contributed by atoms with Crippen molar-refractivity contribution in [2.75, 3.05) is 54.7 Å². The molecule has 3 N–H and O–H groups in total. The van der Waals surface area contributed by atoms with E-state index < -0.39 is 0 Å². The van der Waals surface area contributed by atoms with Gasteiger partial charge in [-0.05, 0) is 144 Å². The second kappa shape index (κ2) is 36.3. The van der Waals surface area contributed by atoms with Gasteiger partial charge in [0.15, 0.2) is 0 Å². The Balaban J connectivity index is 0.00000210. The van der Waals surface area contributed by atoms with Crippen LogP contribution in [0.3, 0.4) is 0 Å². The number of nitrogens with one attached hydrogen (secondary N) is 1. The predicted octanol–water partition coefficient (Wildman–Crippen LogP) is 9.15. The molecule has 0 radical (unpaired) electrons. The van der Waals surface area contributed by atoms with E-state index in [-0.39, 0.29) is 31.3 Å². The molecule has 4 aliphatic rings. The first-order valence-corrected chi connectivity index (χ1v) is 22.4. The Morgan fingerprint density at radius 1 is 0.627 bits per heavy atom. The number of rotatable bonds is 17. The molecule has 4 rings (SSSR count). The summed E-state index contributed by atoms with van der Waals surface area (Å²) in [6.45, 7) is 4.17. The Hall–Kier alpha value is -2.41. The predicted molar refractivity (Wildman–Crippen MR) is 237 cm³/mol. The molecule has 4 aliphatic carbocycles. The normalized spacial score (nSPS) is 26.0. The summed E-state index contributed by atoms with van der Waals surface area (Å²) in [7, 11) is 6.01. The van der Waals surface area contributed by atoms with Crippen molar-refractivity contribution in [2.45, 2.75) is 150 Å². The van der Waals surface area contributed by atoms with Gasteiger partial charge in [-0.25, -0.2) is 0 Å². The number of carbonyl (C=O) groups is 4. The van der Waals surface area contributed by atoms with Gasteiger partial charge in [0.05, 0.1) is 20.3 Å². The summed E-state index contributed by atoms with van der Waals surface area (Å²) >= 11 is 3.71. The third-order valence-electron chi connectivity index (χ3n) is 11.9. The lowest BCUT2D eigenvalue weighted by atomic mass is 9.71. The summed E-state index contributed by atoms with van der Waals surface area (Å²) in [5.74, 6) is 4.77. The van der Waals surface area contributed by atoms with E-state index >= 15 is 0 Å². The third-order valence-corrected chi connectivity index (χ3v) is 12.0. The molecule has 4 saturated carbocycles. The number of carbonyl (C=O) groups excluding carboxylic acids is 4. The molecule has 0 aromatic carbocycles. The quantitative estimate of drug-likeness (QED) is 0.0242. The van der Waals surface area contributed by atoms with Crippen molar-refractivity contribution in [1.82, 2.24) is 5.48 Å². The molecule has 344 valence electrons. The van der Waals surface area contributed by atoms with E-state index in [4.69, 9.17) is 18.4 Å². The molecule has 4 fully saturated rings. The fourth-order valence-electron chi connectivity index (χ4n) is 9.43. The highest BCUT2D eigenvalue weighted by Gasteiger charge is 2.30. The summed E-state index contributed by atoms with van der Waals surface area (Å²) in [5, 5.41) is 0. The Kier molecular flexibility index (Phi) is 34.8. The van der Waals surface area contributed by atoms with E-state index in [0.29, 0.717) is 62.9 Å². The van der Waals surface area contributed by atoms with Gasteiger partial charge in [0.1, 0.15) is 13.2 Å². The van der Waals surface area contributed by atoms with Crippen LogP contribution in [0.15, 0.2) is 17.9 Å². The van der Waals surface area contributed by atoms with Crippen LogP contribution < -0.4 is 11.2 Å². The van der Waals surface area contributed by atoms with Crippen LogP contribution in [-0.4, -0.2) is 78.6 Å². The molecule has 0 aromatic heterocycles. The molecule has 13 heteroatoms. The topological polar surface area (TPSA) is 162 Å². The highest BCUT2D eigenvalue weighted by molar-refractivity contribution is 7.75. The number of nitrogens with two attached hydrogens (primary N) is 1. The number of methoxy groups -OCH3 is 2. The van der Waals surface area contributed by atoms with Crippen LogP contribution >= 0.6 is 12.9 Å². The van der Waals surface area contributed by atoms with E-state index in [0.717, 1.165) is 30.1 Å². The maximum atomic E-state index is 12.2. The van der Waals surface area contributed by atoms with Gasteiger partial charge in [0, 0.05) is 40.8 Å². The van der Waals surface area contributed by atoms with E-state index in [1.807, 2.05) is 0 Å². The largest absolute Gasteiger partial charge is 0.469 e. The van der Waals surface area contributed by atoms with E-state index in [1.165, 1.54) is 144 Å². The second-order valence-electron chi connectivity index (χ2n) is 16.5. The number of esters is 3. The van der Waals surface area contributed by atoms with Crippen LogP contribution in [0.2, 0.25) is 0 Å². The third kappa shape index (κ3) is 28.7. The molecule has 59 heavy (non-hydrogen) atoms. The first-order chi connectivity index (χ1) is 28.0. The Morgan fingerprint density at radius 2 is 1.02 bits per heavy atom. The fourth-order valence-corrected chi connectivity index (χ4v) is 9.51. The maximum absolute atomic E-state index is 12.2. The van der Waals surface area contributed by atoms with Gasteiger partial charge >= 0.3 is 23.9 Å². The van der Waals surface area contributed by atoms with Crippen LogP contribution in [0.4, 0.5) is 0 Å². The Morgan fingerprint density at radius 3 is 1.37 bits per heavy atom. The zero-order chi connectivity index (χ0) is 43.0. The van der Waals surface area contributed by atoms with Gasteiger partial charge in [-0.15, -0.1) is 5.73 Å². The highest BCUT2D eigenvalue weighted by atomic mass is 32.1. The number of hydrogen-bond acceptors (Lipinski definition) is 13. The van der Waals surface area contributed by atoms with Crippen molar-refractivity contribution in [1.29, 1.82) is 0 Å². The fraction of sp³-hybridized carbons (Fsp3) is 0.848. The number of thiol groups is 1. The molecule has 0 heterocycles. The number of allylic oxidation sites excluding steroid dienone is 1. The van der Waals surface area contributed by atoms with Gasteiger partial charge in [-0.1, -0.05) is 58.8 Å². The van der Waals surface area contributed by atoms with Gasteiger partial charge in [0.25, 0.3) is 0 Å². The molecule has 0 spiro atoms. The summed E-state index contributed by atoms with van der Waals surface area (Å²) in [6, 6.07) is 0. The molecule has 8 unspecified atom stereocenters. The molecule has 0 amide bonds. The molecule has 0 aliphatic heterocycles. The summed E-state index contributed by atoms with van der Waals surface area (Å²) in [6.07, 6.45) is 29.1. The second-order valence-corrected chi connectivity index (χ2v) is 16.8.